The van der Waals surface area contributed by atoms with E-state index in [-0.39, 0.29) is 11.4 Å². The van der Waals surface area contributed by atoms with E-state index < -0.39 is 24.7 Å². The summed E-state index contributed by atoms with van der Waals surface area (Å²) in [7, 11) is 0. The van der Waals surface area contributed by atoms with Crippen LogP contribution in [0.15, 0.2) is 59.3 Å². The topological polar surface area (TPSA) is 77.2 Å². The number of pyridine rings is 1. The Morgan fingerprint density at radius 3 is 2.61 bits per heavy atom. The zero-order valence-corrected chi connectivity index (χ0v) is 14.7. The largest absolute Gasteiger partial charge is 0.483 e. The molecule has 3 aromatic rings. The van der Waals surface area contributed by atoms with Crippen LogP contribution in [0.4, 0.5) is 13.2 Å². The number of hydrogen-bond donors (Lipinski definition) is 1. The average molecular weight is 391 g/mol. The van der Waals surface area contributed by atoms with Gasteiger partial charge in [-0.15, -0.1) is 0 Å². The van der Waals surface area contributed by atoms with Crippen LogP contribution in [0.3, 0.4) is 0 Å². The number of halogens is 3. The molecule has 0 bridgehead atoms. The lowest BCUT2D eigenvalue weighted by atomic mass is 10.1. The van der Waals surface area contributed by atoms with Gasteiger partial charge in [0.25, 0.3) is 5.91 Å². The minimum atomic E-state index is -4.42. The highest BCUT2D eigenvalue weighted by molar-refractivity contribution is 5.93. The molecule has 9 heteroatoms. The van der Waals surface area contributed by atoms with Crippen LogP contribution in [0.1, 0.15) is 29.1 Å². The van der Waals surface area contributed by atoms with Crippen LogP contribution in [0.2, 0.25) is 0 Å². The van der Waals surface area contributed by atoms with Crippen LogP contribution in [0, 0.1) is 0 Å². The van der Waals surface area contributed by atoms with Crippen molar-refractivity contribution in [2.75, 3.05) is 6.61 Å². The van der Waals surface area contributed by atoms with E-state index in [2.05, 4.69) is 20.2 Å². The molecule has 1 amide bonds. The fourth-order valence-corrected chi connectivity index (χ4v) is 2.36. The predicted molar refractivity (Wildman–Crippen MR) is 93.6 cm³/mol. The summed E-state index contributed by atoms with van der Waals surface area (Å²) in [5.74, 6) is -0.0103. The highest BCUT2D eigenvalue weighted by atomic mass is 19.4. The summed E-state index contributed by atoms with van der Waals surface area (Å²) >= 11 is 0. The lowest BCUT2D eigenvalue weighted by Gasteiger charge is -2.13. The van der Waals surface area contributed by atoms with Crippen molar-refractivity contribution < 1.29 is 27.2 Å². The Morgan fingerprint density at radius 1 is 1.21 bits per heavy atom. The number of alkyl halides is 3. The molecule has 1 aromatic carbocycles. The molecule has 28 heavy (non-hydrogen) atoms. The highest BCUT2D eigenvalue weighted by Crippen LogP contribution is 2.21. The lowest BCUT2D eigenvalue weighted by molar-refractivity contribution is -0.153. The van der Waals surface area contributed by atoms with Gasteiger partial charge in [-0.1, -0.05) is 35.5 Å². The molecule has 1 unspecified atom stereocenters. The third kappa shape index (κ3) is 5.09. The molecular formula is C19H16F3N3O3. The van der Waals surface area contributed by atoms with Crippen LogP contribution in [-0.2, 0) is 0 Å². The number of rotatable bonds is 6. The standard InChI is InChI=1S/C19H16F3N3O3/c1-12(15-8-7-14(10-23-15)27-11-19(20,21)22)24-18(26)16-9-17(28-25-16)13-5-3-2-4-6-13/h2-10,12H,11H2,1H3,(H,24,26). The quantitative estimate of drug-likeness (QED) is 0.683. The van der Waals surface area contributed by atoms with Crippen molar-refractivity contribution in [3.05, 3.63) is 66.1 Å². The summed E-state index contributed by atoms with van der Waals surface area (Å²) in [5, 5.41) is 6.47. The van der Waals surface area contributed by atoms with Gasteiger partial charge in [0.2, 0.25) is 0 Å². The molecule has 0 aliphatic heterocycles. The van der Waals surface area contributed by atoms with Gasteiger partial charge in [0.05, 0.1) is 17.9 Å². The Bertz CT molecular complexity index is 925. The van der Waals surface area contributed by atoms with E-state index in [4.69, 9.17) is 4.52 Å². The first kappa shape index (κ1) is 19.4. The zero-order chi connectivity index (χ0) is 20.1. The first-order chi connectivity index (χ1) is 13.3. The highest BCUT2D eigenvalue weighted by Gasteiger charge is 2.28. The van der Waals surface area contributed by atoms with Gasteiger partial charge in [-0.2, -0.15) is 13.2 Å². The molecule has 146 valence electrons. The zero-order valence-electron chi connectivity index (χ0n) is 14.7. The van der Waals surface area contributed by atoms with Crippen molar-refractivity contribution in [2.24, 2.45) is 0 Å². The second kappa shape index (κ2) is 8.12. The SMILES string of the molecule is CC(NC(=O)c1cc(-c2ccccc2)on1)c1ccc(OCC(F)(F)F)cn1. The third-order valence-electron chi connectivity index (χ3n) is 3.75. The molecule has 0 spiro atoms. The summed E-state index contributed by atoms with van der Waals surface area (Å²) in [6.07, 6.45) is -3.25. The molecule has 1 N–H and O–H groups in total. The van der Waals surface area contributed by atoms with Crippen LogP contribution in [-0.4, -0.2) is 28.8 Å². The first-order valence-electron chi connectivity index (χ1n) is 8.30. The van der Waals surface area contributed by atoms with Crippen LogP contribution >= 0.6 is 0 Å². The summed E-state index contributed by atoms with van der Waals surface area (Å²) in [6.45, 7) is 0.297. The average Bonchev–Trinajstić information content (AvgIpc) is 3.17. The molecule has 0 radical (unpaired) electrons. The van der Waals surface area contributed by atoms with Crippen molar-refractivity contribution in [1.82, 2.24) is 15.5 Å². The number of carbonyl (C=O) groups is 1. The number of amides is 1. The number of carbonyl (C=O) groups excluding carboxylic acids is 1. The molecule has 1 atom stereocenters. The van der Waals surface area contributed by atoms with Gasteiger partial charge in [0.1, 0.15) is 5.75 Å². The molecule has 0 fully saturated rings. The number of aromatic nitrogens is 2. The van der Waals surface area contributed by atoms with Crippen molar-refractivity contribution >= 4 is 5.91 Å². The smallest absolute Gasteiger partial charge is 0.422 e. The summed E-state index contributed by atoms with van der Waals surface area (Å²) in [5.41, 5.74) is 1.36. The Morgan fingerprint density at radius 2 is 1.96 bits per heavy atom. The van der Waals surface area contributed by atoms with Gasteiger partial charge in [-0.3, -0.25) is 9.78 Å². The Hall–Kier alpha value is -3.36. The van der Waals surface area contributed by atoms with Crippen LogP contribution in [0.5, 0.6) is 5.75 Å². The van der Waals surface area contributed by atoms with Crippen molar-refractivity contribution in [2.45, 2.75) is 19.1 Å². The fraction of sp³-hybridized carbons (Fsp3) is 0.211. The minimum Gasteiger partial charge on any atom is -0.483 e. The van der Waals surface area contributed by atoms with Crippen LogP contribution in [0.25, 0.3) is 11.3 Å². The van der Waals surface area contributed by atoms with E-state index in [1.165, 1.54) is 24.4 Å². The second-order valence-electron chi connectivity index (χ2n) is 5.96. The maximum atomic E-state index is 12.3. The molecule has 2 aromatic heterocycles. The molecule has 6 nitrogen and oxygen atoms in total. The van der Waals surface area contributed by atoms with Gasteiger partial charge >= 0.3 is 6.18 Å². The van der Waals surface area contributed by atoms with E-state index in [1.807, 2.05) is 30.3 Å². The van der Waals surface area contributed by atoms with E-state index in [0.29, 0.717) is 11.5 Å². The third-order valence-corrected chi connectivity index (χ3v) is 3.75. The maximum Gasteiger partial charge on any atom is 0.422 e. The van der Waals surface area contributed by atoms with E-state index in [1.54, 1.807) is 6.92 Å². The molecule has 3 rings (SSSR count). The number of ether oxygens (including phenoxy) is 1. The number of nitrogens with one attached hydrogen (secondary N) is 1. The molecule has 0 saturated heterocycles. The van der Waals surface area contributed by atoms with Gasteiger partial charge in [0, 0.05) is 11.6 Å². The summed E-state index contributed by atoms with van der Waals surface area (Å²) in [6, 6.07) is 13.1. The fourth-order valence-electron chi connectivity index (χ4n) is 2.36. The second-order valence-corrected chi connectivity index (χ2v) is 5.96. The van der Waals surface area contributed by atoms with Gasteiger partial charge < -0.3 is 14.6 Å². The maximum absolute atomic E-state index is 12.3. The molecule has 2 heterocycles. The van der Waals surface area contributed by atoms with E-state index in [9.17, 15) is 18.0 Å². The predicted octanol–water partition coefficient (Wildman–Crippen LogP) is 4.17. The summed E-state index contributed by atoms with van der Waals surface area (Å²) in [4.78, 5) is 16.4. The Balaban J connectivity index is 1.60. The van der Waals surface area contributed by atoms with E-state index in [0.717, 1.165) is 5.56 Å². The first-order valence-corrected chi connectivity index (χ1v) is 8.30. The molecule has 0 aliphatic carbocycles. The number of benzene rings is 1. The van der Waals surface area contributed by atoms with Crippen molar-refractivity contribution in [1.29, 1.82) is 0 Å². The Labute approximate surface area is 158 Å². The molecule has 0 saturated carbocycles. The number of nitrogens with zero attached hydrogens (tertiary/aromatic N) is 2. The normalized spacial score (nSPS) is 12.4. The van der Waals surface area contributed by atoms with Gasteiger partial charge in [-0.05, 0) is 19.1 Å². The van der Waals surface area contributed by atoms with Crippen molar-refractivity contribution in [3.63, 3.8) is 0 Å². The van der Waals surface area contributed by atoms with Gasteiger partial charge in [-0.25, -0.2) is 0 Å². The minimum absolute atomic E-state index is 0.0106. The number of hydrogen-bond acceptors (Lipinski definition) is 5. The molecule has 0 aliphatic rings. The molecular weight excluding hydrogens is 375 g/mol. The van der Waals surface area contributed by atoms with E-state index >= 15 is 0 Å². The lowest BCUT2D eigenvalue weighted by Crippen LogP contribution is -2.27. The monoisotopic (exact) mass is 391 g/mol. The Kier molecular flexibility index (Phi) is 5.62. The van der Waals surface area contributed by atoms with Crippen LogP contribution < -0.4 is 10.1 Å². The van der Waals surface area contributed by atoms with Crippen molar-refractivity contribution in [3.8, 4) is 17.1 Å². The van der Waals surface area contributed by atoms with Gasteiger partial charge in [0.15, 0.2) is 18.1 Å². The summed E-state index contributed by atoms with van der Waals surface area (Å²) < 4.78 is 46.3.